The average Bonchev–Trinajstić information content (AvgIpc) is 3.59. The Kier molecular flexibility index (Phi) is 9.27. The van der Waals surface area contributed by atoms with Crippen LogP contribution in [-0.2, 0) is 27.7 Å². The maximum Gasteiger partial charge on any atom is 0.433 e. The number of amides is 3. The molecule has 12 nitrogen and oxygen atoms in total. The highest BCUT2D eigenvalue weighted by Gasteiger charge is 2.41. The highest BCUT2D eigenvalue weighted by atomic mass is 79.9. The van der Waals surface area contributed by atoms with Crippen LogP contribution in [-0.4, -0.2) is 69.5 Å². The Morgan fingerprint density at radius 1 is 1.14 bits per heavy atom. The van der Waals surface area contributed by atoms with Crippen LogP contribution >= 0.6 is 15.9 Å². The van der Waals surface area contributed by atoms with Gasteiger partial charge in [0.25, 0.3) is 5.91 Å². The molecule has 2 N–H and O–H groups in total. The molecule has 1 aliphatic heterocycles. The molecule has 1 saturated carbocycles. The van der Waals surface area contributed by atoms with Crippen molar-refractivity contribution in [2.45, 2.75) is 64.1 Å². The van der Waals surface area contributed by atoms with E-state index in [1.54, 1.807) is 0 Å². The summed E-state index contributed by atoms with van der Waals surface area (Å²) in [4.78, 5) is 54.2. The number of carboxylic acid groups (broad SMARTS) is 1. The van der Waals surface area contributed by atoms with Gasteiger partial charge in [0.15, 0.2) is 5.82 Å². The van der Waals surface area contributed by atoms with Gasteiger partial charge in [-0.2, -0.15) is 18.3 Å². The van der Waals surface area contributed by atoms with Gasteiger partial charge in [-0.1, -0.05) is 36.7 Å². The average molecular weight is 665 g/mol. The third-order valence-corrected chi connectivity index (χ3v) is 6.98. The van der Waals surface area contributed by atoms with Crippen molar-refractivity contribution in [1.29, 1.82) is 0 Å². The third-order valence-electron chi connectivity index (χ3n) is 6.55. The lowest BCUT2D eigenvalue weighted by atomic mass is 9.81. The molecule has 1 saturated heterocycles. The van der Waals surface area contributed by atoms with Crippen LogP contribution in [0.4, 0.5) is 18.0 Å². The molecular weight excluding hydrogens is 637 g/mol. The zero-order valence-corrected chi connectivity index (χ0v) is 25.0. The van der Waals surface area contributed by atoms with E-state index in [1.807, 2.05) is 20.8 Å². The summed E-state index contributed by atoms with van der Waals surface area (Å²) in [7, 11) is 0. The summed E-state index contributed by atoms with van der Waals surface area (Å²) in [6.45, 7) is 5.89. The number of halogens is 4. The molecule has 0 atom stereocenters. The molecule has 0 aromatic carbocycles. The molecule has 5 rings (SSSR count). The Morgan fingerprint density at radius 3 is 2.33 bits per heavy atom. The topological polar surface area (TPSA) is 158 Å². The number of H-pyrrole nitrogens is 1. The highest BCUT2D eigenvalue weighted by molar-refractivity contribution is 9.11. The van der Waals surface area contributed by atoms with Crippen molar-refractivity contribution < 1.29 is 32.7 Å². The minimum Gasteiger partial charge on any atom is -0.481 e. The predicted octanol–water partition coefficient (Wildman–Crippen LogP) is 5.01. The maximum atomic E-state index is 13.2. The number of rotatable bonds is 7. The van der Waals surface area contributed by atoms with Gasteiger partial charge in [-0.05, 0) is 29.9 Å². The number of alkyl halides is 3. The fourth-order valence-corrected chi connectivity index (χ4v) is 4.97. The Balaban J connectivity index is 0.000000197. The molecule has 0 unspecified atom stereocenters. The molecular formula is C27H28BrF3N8O4. The first-order valence-electron chi connectivity index (χ1n) is 13.1. The van der Waals surface area contributed by atoms with E-state index >= 15 is 0 Å². The van der Waals surface area contributed by atoms with E-state index in [9.17, 15) is 27.6 Å². The van der Waals surface area contributed by atoms with Crippen LogP contribution in [0.15, 0.2) is 41.8 Å². The second kappa shape index (κ2) is 12.6. The standard InChI is InChI=1S/C15H17F3N4.C12H11BrN4O4/c1-14(2,3)11-9(13-19-7-20-22-13)6-10(15(16,17)18)21-12(11)8-4-5-8;13-3-9-11(20)17(6-8-4-14-7-15-5-8)12(21)16(9)2-1-10(18)19/h6-8H,4-5H2,1-3H3,(H,19,20,22);3-5,7H,1-2,6H2,(H,18,19). The van der Waals surface area contributed by atoms with Gasteiger partial charge >= 0.3 is 18.2 Å². The number of urea groups is 1. The lowest BCUT2D eigenvalue weighted by Gasteiger charge is -2.26. The fourth-order valence-electron chi connectivity index (χ4n) is 4.52. The van der Waals surface area contributed by atoms with Crippen LogP contribution in [0.2, 0.25) is 0 Å². The monoisotopic (exact) mass is 664 g/mol. The van der Waals surface area contributed by atoms with Crippen molar-refractivity contribution >= 4 is 33.8 Å². The SMILES string of the molecule is CC(C)(C)c1c(-c2ncn[nH]2)cc(C(F)(F)F)nc1C1CC1.O=C(O)CCN1C(=O)N(Cc2cncnc2)C(=O)C1=CBr. The first kappa shape index (κ1) is 31.7. The Hall–Kier alpha value is -4.21. The number of hydrogen-bond acceptors (Lipinski definition) is 8. The highest BCUT2D eigenvalue weighted by Crippen LogP contribution is 2.47. The van der Waals surface area contributed by atoms with E-state index in [4.69, 9.17) is 5.11 Å². The molecule has 43 heavy (non-hydrogen) atoms. The van der Waals surface area contributed by atoms with Crippen LogP contribution in [0.1, 0.15) is 68.5 Å². The van der Waals surface area contributed by atoms with Gasteiger partial charge in [0.1, 0.15) is 24.0 Å². The van der Waals surface area contributed by atoms with Crippen molar-refractivity contribution in [3.05, 3.63) is 64.3 Å². The second-order valence-electron chi connectivity index (χ2n) is 10.9. The summed E-state index contributed by atoms with van der Waals surface area (Å²) in [5, 5.41) is 15.1. The quantitative estimate of drug-likeness (QED) is 0.261. The summed E-state index contributed by atoms with van der Waals surface area (Å²) in [6, 6.07) is 0.517. The van der Waals surface area contributed by atoms with Crippen LogP contribution in [0, 0.1) is 0 Å². The summed E-state index contributed by atoms with van der Waals surface area (Å²) in [5.74, 6) is -1.08. The minimum absolute atomic E-state index is 0.0341. The molecule has 3 aromatic heterocycles. The van der Waals surface area contributed by atoms with Crippen molar-refractivity contribution in [1.82, 2.24) is 39.9 Å². The largest absolute Gasteiger partial charge is 0.481 e. The molecule has 3 aromatic rings. The van der Waals surface area contributed by atoms with E-state index in [1.165, 1.54) is 30.0 Å². The van der Waals surface area contributed by atoms with Gasteiger partial charge < -0.3 is 5.11 Å². The van der Waals surface area contributed by atoms with Gasteiger partial charge in [-0.25, -0.2) is 24.7 Å². The van der Waals surface area contributed by atoms with E-state index in [0.29, 0.717) is 22.6 Å². The zero-order valence-electron chi connectivity index (χ0n) is 23.4. The van der Waals surface area contributed by atoms with Crippen molar-refractivity contribution in [2.24, 2.45) is 0 Å². The number of aromatic amines is 1. The molecule has 0 spiro atoms. The molecule has 4 heterocycles. The van der Waals surface area contributed by atoms with Crippen molar-refractivity contribution in [3.63, 3.8) is 0 Å². The van der Waals surface area contributed by atoms with Gasteiger partial charge in [0.05, 0.1) is 13.0 Å². The Morgan fingerprint density at radius 2 is 1.81 bits per heavy atom. The van der Waals surface area contributed by atoms with Crippen LogP contribution < -0.4 is 0 Å². The summed E-state index contributed by atoms with van der Waals surface area (Å²) < 4.78 is 39.6. The van der Waals surface area contributed by atoms with E-state index in [2.05, 4.69) is 46.1 Å². The number of aromatic nitrogens is 6. The number of carbonyl (C=O) groups is 3. The fraction of sp³-hybridized carbons (Fsp3) is 0.407. The number of imide groups is 1. The minimum atomic E-state index is -4.48. The summed E-state index contributed by atoms with van der Waals surface area (Å²) in [5.41, 5.74) is 1.32. The second-order valence-corrected chi connectivity index (χ2v) is 11.3. The van der Waals surface area contributed by atoms with Gasteiger partial charge in [0, 0.05) is 46.7 Å². The number of aliphatic carboxylic acids is 1. The molecule has 3 amide bonds. The first-order valence-corrected chi connectivity index (χ1v) is 14.0. The molecule has 0 radical (unpaired) electrons. The Labute approximate surface area is 252 Å². The number of hydrogen-bond donors (Lipinski definition) is 2. The zero-order chi connectivity index (χ0) is 31.5. The number of nitrogens with zero attached hydrogens (tertiary/aromatic N) is 7. The van der Waals surface area contributed by atoms with Crippen molar-refractivity contribution in [3.8, 4) is 11.4 Å². The number of carbonyl (C=O) groups excluding carboxylic acids is 2. The van der Waals surface area contributed by atoms with E-state index in [-0.39, 0.29) is 36.5 Å². The predicted molar refractivity (Wildman–Crippen MR) is 149 cm³/mol. The van der Waals surface area contributed by atoms with Crippen LogP contribution in [0.3, 0.4) is 0 Å². The van der Waals surface area contributed by atoms with E-state index in [0.717, 1.165) is 34.3 Å². The van der Waals surface area contributed by atoms with Crippen molar-refractivity contribution in [2.75, 3.05) is 6.54 Å². The molecule has 228 valence electrons. The van der Waals surface area contributed by atoms with Gasteiger partial charge in [-0.15, -0.1) is 0 Å². The molecule has 2 aliphatic rings. The normalized spacial score (nSPS) is 16.5. The van der Waals surface area contributed by atoms with Crippen LogP contribution in [0.5, 0.6) is 0 Å². The lowest BCUT2D eigenvalue weighted by Crippen LogP contribution is -2.33. The third kappa shape index (κ3) is 7.42. The molecule has 1 aliphatic carbocycles. The summed E-state index contributed by atoms with van der Waals surface area (Å²) >= 11 is 3.03. The number of pyridine rings is 1. The molecule has 0 bridgehead atoms. The van der Waals surface area contributed by atoms with Gasteiger partial charge in [0.2, 0.25) is 0 Å². The Bertz CT molecular complexity index is 1520. The summed E-state index contributed by atoms with van der Waals surface area (Å²) in [6.07, 6.45) is 2.70. The smallest absolute Gasteiger partial charge is 0.433 e. The van der Waals surface area contributed by atoms with E-state index < -0.39 is 29.8 Å². The molecule has 2 fully saturated rings. The number of nitrogens with one attached hydrogen (secondary N) is 1. The van der Waals surface area contributed by atoms with Crippen LogP contribution in [0.25, 0.3) is 11.4 Å². The first-order chi connectivity index (χ1) is 20.2. The maximum absolute atomic E-state index is 13.2. The molecule has 16 heteroatoms. The van der Waals surface area contributed by atoms with Gasteiger partial charge in [-0.3, -0.25) is 24.5 Å². The number of carboxylic acids is 1. The lowest BCUT2D eigenvalue weighted by molar-refractivity contribution is -0.141.